The molecule has 1 saturated heterocycles. The van der Waals surface area contributed by atoms with Crippen LogP contribution in [0, 0.1) is 17.6 Å². The van der Waals surface area contributed by atoms with Crippen LogP contribution in [0.25, 0.3) is 0 Å². The predicted molar refractivity (Wildman–Crippen MR) is 136 cm³/mol. The molecule has 4 rings (SSSR count). The zero-order chi connectivity index (χ0) is 27.2. The lowest BCUT2D eigenvalue weighted by Crippen LogP contribution is -2.57. The second-order valence-corrected chi connectivity index (χ2v) is 15.2. The number of fused-ring (bicyclic) bond motifs is 3. The molecule has 37 heavy (non-hydrogen) atoms. The van der Waals surface area contributed by atoms with Crippen molar-refractivity contribution in [3.63, 3.8) is 0 Å². The Balaban J connectivity index is 1.76. The lowest BCUT2D eigenvalue weighted by molar-refractivity contribution is -0.0899. The molecule has 2 aromatic carbocycles. The van der Waals surface area contributed by atoms with Crippen molar-refractivity contribution < 1.29 is 35.1 Å². The van der Waals surface area contributed by atoms with Crippen LogP contribution < -0.4 is 10.5 Å². The van der Waals surface area contributed by atoms with Crippen LogP contribution in [-0.4, -0.2) is 59.0 Å². The summed E-state index contributed by atoms with van der Waals surface area (Å²) in [6.45, 7) is 3.10. The Hall–Kier alpha value is -1.79. The maximum atomic E-state index is 15.4. The van der Waals surface area contributed by atoms with Gasteiger partial charge < -0.3 is 15.2 Å². The summed E-state index contributed by atoms with van der Waals surface area (Å²) in [5.74, 6) is -3.68. The van der Waals surface area contributed by atoms with Gasteiger partial charge in [0, 0.05) is 34.1 Å². The van der Waals surface area contributed by atoms with Crippen molar-refractivity contribution in [2.45, 2.75) is 48.6 Å². The molecule has 12 heteroatoms. The number of ether oxygens (including phenoxy) is 2. The van der Waals surface area contributed by atoms with E-state index in [-0.39, 0.29) is 53.8 Å². The smallest absolute Gasteiger partial charge is 0.179 e. The second-order valence-electron chi connectivity index (χ2n) is 10.5. The molecule has 204 valence electrons. The van der Waals surface area contributed by atoms with Gasteiger partial charge in [0.1, 0.15) is 5.82 Å². The van der Waals surface area contributed by atoms with Crippen LogP contribution in [0.3, 0.4) is 0 Å². The summed E-state index contributed by atoms with van der Waals surface area (Å²) in [6, 6.07) is 7.51. The Bertz CT molecular complexity index is 1380. The summed E-state index contributed by atoms with van der Waals surface area (Å²) >= 11 is 5.92. The lowest BCUT2D eigenvalue weighted by atomic mass is 9.64. The van der Waals surface area contributed by atoms with Crippen molar-refractivity contribution >= 4 is 31.3 Å². The van der Waals surface area contributed by atoms with Gasteiger partial charge >= 0.3 is 0 Å². The van der Waals surface area contributed by atoms with E-state index in [0.717, 1.165) is 12.1 Å². The molecule has 0 amide bonds. The second kappa shape index (κ2) is 10.1. The van der Waals surface area contributed by atoms with Gasteiger partial charge in [-0.05, 0) is 63.1 Å². The molecule has 2 N–H and O–H groups in total. The highest BCUT2D eigenvalue weighted by atomic mass is 35.5. The fourth-order valence-electron chi connectivity index (χ4n) is 5.47. The topological polar surface area (TPSA) is 113 Å². The van der Waals surface area contributed by atoms with E-state index in [9.17, 15) is 21.2 Å². The van der Waals surface area contributed by atoms with Crippen LogP contribution in [0.1, 0.15) is 32.3 Å². The van der Waals surface area contributed by atoms with Crippen molar-refractivity contribution in [1.82, 2.24) is 0 Å². The fraction of sp³-hybridized carbons (Fsp3) is 0.520. The molecule has 3 unspecified atom stereocenters. The van der Waals surface area contributed by atoms with Gasteiger partial charge in [-0.25, -0.2) is 25.6 Å². The third-order valence-electron chi connectivity index (χ3n) is 6.93. The Morgan fingerprint density at radius 3 is 2.38 bits per heavy atom. The summed E-state index contributed by atoms with van der Waals surface area (Å²) in [6.07, 6.45) is -0.650. The summed E-state index contributed by atoms with van der Waals surface area (Å²) in [7, 11) is -7.58. The highest BCUT2D eigenvalue weighted by Crippen LogP contribution is 2.52. The van der Waals surface area contributed by atoms with Crippen molar-refractivity contribution in [3.8, 4) is 5.75 Å². The lowest BCUT2D eigenvalue weighted by Gasteiger charge is -2.51. The molecule has 0 radical (unpaired) electrons. The van der Waals surface area contributed by atoms with Crippen molar-refractivity contribution in [3.05, 3.63) is 58.6 Å². The van der Waals surface area contributed by atoms with E-state index in [1.54, 1.807) is 13.8 Å². The predicted octanol–water partition coefficient (Wildman–Crippen LogP) is 3.67. The molecule has 2 aliphatic rings. The van der Waals surface area contributed by atoms with E-state index in [1.165, 1.54) is 24.3 Å². The monoisotopic (exact) mass is 577 g/mol. The summed E-state index contributed by atoms with van der Waals surface area (Å²) in [5, 5.41) is 0.354. The Morgan fingerprint density at radius 1 is 1.08 bits per heavy atom. The maximum Gasteiger partial charge on any atom is 0.179 e. The largest absolute Gasteiger partial charge is 0.490 e. The average Bonchev–Trinajstić information content (AvgIpc) is 2.78. The van der Waals surface area contributed by atoms with Crippen LogP contribution in [0.2, 0.25) is 5.02 Å². The minimum Gasteiger partial charge on any atom is -0.490 e. The van der Waals surface area contributed by atoms with Crippen molar-refractivity contribution in [2.24, 2.45) is 11.7 Å². The first-order valence-electron chi connectivity index (χ1n) is 11.8. The maximum absolute atomic E-state index is 15.4. The van der Waals surface area contributed by atoms with E-state index in [0.29, 0.717) is 5.02 Å². The quantitative estimate of drug-likeness (QED) is 0.509. The summed E-state index contributed by atoms with van der Waals surface area (Å²) in [4.78, 5) is -0.00863. The zero-order valence-corrected chi connectivity index (χ0v) is 22.9. The fourth-order valence-corrected chi connectivity index (χ4v) is 9.37. The molecule has 7 nitrogen and oxygen atoms in total. The summed E-state index contributed by atoms with van der Waals surface area (Å²) < 4.78 is 94.2. The molecule has 3 atom stereocenters. The Labute approximate surface area is 221 Å². The van der Waals surface area contributed by atoms with Crippen LogP contribution in [0.4, 0.5) is 8.78 Å². The van der Waals surface area contributed by atoms with Crippen molar-refractivity contribution in [2.75, 3.05) is 30.5 Å². The van der Waals surface area contributed by atoms with Gasteiger partial charge in [0.2, 0.25) is 0 Å². The first-order chi connectivity index (χ1) is 17.1. The molecular weight excluding hydrogens is 548 g/mol. The Morgan fingerprint density at radius 2 is 1.73 bits per heavy atom. The molecule has 2 aliphatic heterocycles. The first-order valence-corrected chi connectivity index (χ1v) is 15.7. The average molecular weight is 578 g/mol. The van der Waals surface area contributed by atoms with Gasteiger partial charge in [-0.3, -0.25) is 0 Å². The van der Waals surface area contributed by atoms with E-state index < -0.39 is 60.0 Å². The first kappa shape index (κ1) is 28.2. The van der Waals surface area contributed by atoms with E-state index >= 15 is 4.39 Å². The highest BCUT2D eigenvalue weighted by Gasteiger charge is 2.55. The number of hydrogen-bond donors (Lipinski definition) is 1. The van der Waals surface area contributed by atoms with Gasteiger partial charge in [-0.2, -0.15) is 0 Å². The molecule has 0 spiro atoms. The molecule has 0 aromatic heterocycles. The van der Waals surface area contributed by atoms with E-state index in [1.807, 2.05) is 0 Å². The standard InChI is InChI=1S/C25H30ClF2NO6S2/c1-24(2,29)14-36(30,31)12-9-21-18-13-35-23-20(28)8-7-19(27)22(23)25(18,10-11-34-21)15-37(32,33)17-5-3-16(26)4-6-17/h3-8,18,21H,9-15,29H2,1-2H3. The molecule has 2 heterocycles. The number of nitrogens with two attached hydrogens (primary N) is 1. The highest BCUT2D eigenvalue weighted by molar-refractivity contribution is 7.91. The normalized spacial score (nSPS) is 24.2. The summed E-state index contributed by atoms with van der Waals surface area (Å²) in [5.41, 5.74) is 3.40. The third kappa shape index (κ3) is 5.95. The third-order valence-corrected chi connectivity index (χ3v) is 11.1. The SMILES string of the molecule is CC(C)(N)CS(=O)(=O)CCC1OCCC2(CS(=O)(=O)c3ccc(Cl)cc3)c3c(F)ccc(F)c3OCC12. The van der Waals surface area contributed by atoms with E-state index in [2.05, 4.69) is 0 Å². The number of hydrogen-bond acceptors (Lipinski definition) is 7. The van der Waals surface area contributed by atoms with Crippen LogP contribution in [0.5, 0.6) is 5.75 Å². The number of halogens is 3. The minimum atomic E-state index is -4.01. The molecule has 0 bridgehead atoms. The van der Waals surface area contributed by atoms with Gasteiger partial charge in [-0.15, -0.1) is 0 Å². The number of benzene rings is 2. The molecule has 1 fully saturated rings. The van der Waals surface area contributed by atoms with Crippen molar-refractivity contribution in [1.29, 1.82) is 0 Å². The van der Waals surface area contributed by atoms with Gasteiger partial charge in [0.25, 0.3) is 0 Å². The number of rotatable bonds is 8. The minimum absolute atomic E-state index is 0.00863. The molecular formula is C25H30ClF2NO6S2. The van der Waals surface area contributed by atoms with Crippen LogP contribution in [-0.2, 0) is 29.8 Å². The molecule has 2 aromatic rings. The number of sulfone groups is 2. The molecule has 0 saturated carbocycles. The van der Waals surface area contributed by atoms with Gasteiger partial charge in [0.05, 0.1) is 34.9 Å². The molecule has 0 aliphatic carbocycles. The van der Waals surface area contributed by atoms with Crippen LogP contribution >= 0.6 is 11.6 Å². The van der Waals surface area contributed by atoms with Gasteiger partial charge in [-0.1, -0.05) is 11.6 Å². The zero-order valence-electron chi connectivity index (χ0n) is 20.5. The Kier molecular flexibility index (Phi) is 7.68. The van der Waals surface area contributed by atoms with Gasteiger partial charge in [0.15, 0.2) is 31.2 Å². The van der Waals surface area contributed by atoms with E-state index in [4.69, 9.17) is 26.8 Å². The van der Waals surface area contributed by atoms with Crippen LogP contribution in [0.15, 0.2) is 41.3 Å².